The number of hydrogen-bond acceptors (Lipinski definition) is 4. The van der Waals surface area contributed by atoms with Crippen LogP contribution in [-0.4, -0.2) is 52.7 Å². The molecule has 20 heavy (non-hydrogen) atoms. The Morgan fingerprint density at radius 2 is 2.15 bits per heavy atom. The molecule has 0 saturated carbocycles. The summed E-state index contributed by atoms with van der Waals surface area (Å²) in [6.07, 6.45) is 2.82. The molecule has 0 aliphatic carbocycles. The van der Waals surface area contributed by atoms with Crippen molar-refractivity contribution in [1.82, 2.24) is 9.88 Å². The molecule has 108 valence electrons. The number of ether oxygens (including phenoxy) is 1. The Kier molecular flexibility index (Phi) is 5.08. The van der Waals surface area contributed by atoms with E-state index in [1.165, 1.54) is 0 Å². The summed E-state index contributed by atoms with van der Waals surface area (Å²) in [4.78, 5) is 28.4. The molecule has 1 saturated heterocycles. The van der Waals surface area contributed by atoms with Gasteiger partial charge in [0.05, 0.1) is 6.10 Å². The van der Waals surface area contributed by atoms with Crippen LogP contribution in [0.1, 0.15) is 23.2 Å². The second-order valence-corrected chi connectivity index (χ2v) is 5.38. The van der Waals surface area contributed by atoms with Crippen molar-refractivity contribution in [2.75, 3.05) is 19.7 Å². The van der Waals surface area contributed by atoms with Gasteiger partial charge in [-0.3, -0.25) is 4.79 Å². The zero-order valence-corrected chi connectivity index (χ0v) is 12.4. The maximum atomic E-state index is 12.3. The minimum atomic E-state index is -0.967. The monoisotopic (exact) mass is 342 g/mol. The van der Waals surface area contributed by atoms with Crippen molar-refractivity contribution in [3.8, 4) is 0 Å². The second kappa shape index (κ2) is 6.81. The largest absolute Gasteiger partial charge is 0.480 e. The summed E-state index contributed by atoms with van der Waals surface area (Å²) in [5.41, 5.74) is 0.594. The van der Waals surface area contributed by atoms with Crippen LogP contribution in [0.3, 0.4) is 0 Å². The zero-order valence-electron chi connectivity index (χ0n) is 10.8. The predicted molar refractivity (Wildman–Crippen MR) is 74.5 cm³/mol. The summed E-state index contributed by atoms with van der Waals surface area (Å²) < 4.78 is 5.87. The number of aliphatic carboxylic acids is 1. The molecule has 0 radical (unpaired) electrons. The number of aromatic nitrogens is 1. The molecule has 7 heteroatoms. The number of hydrogen-bond donors (Lipinski definition) is 1. The summed E-state index contributed by atoms with van der Waals surface area (Å²) in [5.74, 6) is -1.00. The van der Waals surface area contributed by atoms with E-state index in [4.69, 9.17) is 9.84 Å². The van der Waals surface area contributed by atoms with Gasteiger partial charge in [0.15, 0.2) is 0 Å². The Labute approximate surface area is 124 Å². The molecule has 1 aliphatic heterocycles. The third-order valence-corrected chi connectivity index (χ3v) is 3.58. The van der Waals surface area contributed by atoms with Gasteiger partial charge in [-0.2, -0.15) is 0 Å². The molecule has 1 aromatic heterocycles. The molecular weight excluding hydrogens is 328 g/mol. The Morgan fingerprint density at radius 3 is 2.75 bits per heavy atom. The number of likely N-dealkylation sites (tertiary alicyclic amines) is 1. The standard InChI is InChI=1S/C13H15BrN2O4/c14-11-7-9(1-4-15-11)13(19)16-5-2-10(3-6-16)20-8-12(17)18/h1,4,7,10H,2-3,5-6,8H2,(H,17,18). The van der Waals surface area contributed by atoms with E-state index in [-0.39, 0.29) is 18.6 Å². The molecule has 1 aliphatic rings. The van der Waals surface area contributed by atoms with Crippen molar-refractivity contribution >= 4 is 27.8 Å². The van der Waals surface area contributed by atoms with Crippen LogP contribution in [0.5, 0.6) is 0 Å². The van der Waals surface area contributed by atoms with Crippen molar-refractivity contribution in [3.63, 3.8) is 0 Å². The summed E-state index contributed by atoms with van der Waals surface area (Å²) >= 11 is 3.24. The fourth-order valence-electron chi connectivity index (χ4n) is 2.13. The SMILES string of the molecule is O=C(O)COC1CCN(C(=O)c2ccnc(Br)c2)CC1. The van der Waals surface area contributed by atoms with E-state index in [0.29, 0.717) is 36.1 Å². The molecule has 1 aromatic rings. The molecular formula is C13H15BrN2O4. The lowest BCUT2D eigenvalue weighted by Crippen LogP contribution is -2.41. The number of amides is 1. The van der Waals surface area contributed by atoms with Crippen LogP contribution in [0.4, 0.5) is 0 Å². The second-order valence-electron chi connectivity index (χ2n) is 4.56. The van der Waals surface area contributed by atoms with Gasteiger partial charge in [-0.05, 0) is 40.9 Å². The zero-order chi connectivity index (χ0) is 14.5. The van der Waals surface area contributed by atoms with Crippen LogP contribution in [0.25, 0.3) is 0 Å². The van der Waals surface area contributed by atoms with Crippen molar-refractivity contribution in [1.29, 1.82) is 0 Å². The van der Waals surface area contributed by atoms with Crippen LogP contribution in [0, 0.1) is 0 Å². The molecule has 6 nitrogen and oxygen atoms in total. The van der Waals surface area contributed by atoms with Crippen molar-refractivity contribution < 1.29 is 19.4 Å². The highest BCUT2D eigenvalue weighted by Crippen LogP contribution is 2.17. The number of carboxylic acids is 1. The highest BCUT2D eigenvalue weighted by molar-refractivity contribution is 9.10. The highest BCUT2D eigenvalue weighted by Gasteiger charge is 2.24. The minimum absolute atomic E-state index is 0.0372. The first-order chi connectivity index (χ1) is 9.56. The molecule has 2 rings (SSSR count). The fraction of sp³-hybridized carbons (Fsp3) is 0.462. The van der Waals surface area contributed by atoms with Crippen molar-refractivity contribution in [3.05, 3.63) is 28.5 Å². The average molecular weight is 343 g/mol. The maximum absolute atomic E-state index is 12.3. The first-order valence-electron chi connectivity index (χ1n) is 6.30. The number of carbonyl (C=O) groups is 2. The summed E-state index contributed by atoms with van der Waals surface area (Å²) in [5, 5.41) is 8.56. The summed E-state index contributed by atoms with van der Waals surface area (Å²) in [6.45, 7) is 0.863. The lowest BCUT2D eigenvalue weighted by atomic mass is 10.1. The van der Waals surface area contributed by atoms with Gasteiger partial charge in [0.25, 0.3) is 5.91 Å². The molecule has 0 spiro atoms. The van der Waals surface area contributed by atoms with E-state index >= 15 is 0 Å². The van der Waals surface area contributed by atoms with Crippen LogP contribution in [-0.2, 0) is 9.53 Å². The Morgan fingerprint density at radius 1 is 1.45 bits per heavy atom. The third kappa shape index (κ3) is 4.01. The molecule has 1 amide bonds. The van der Waals surface area contributed by atoms with E-state index < -0.39 is 5.97 Å². The van der Waals surface area contributed by atoms with Crippen molar-refractivity contribution in [2.24, 2.45) is 0 Å². The van der Waals surface area contributed by atoms with E-state index in [2.05, 4.69) is 20.9 Å². The van der Waals surface area contributed by atoms with Gasteiger partial charge in [0, 0.05) is 24.8 Å². The molecule has 0 atom stereocenters. The van der Waals surface area contributed by atoms with Gasteiger partial charge in [0.1, 0.15) is 11.2 Å². The Balaban J connectivity index is 1.87. The minimum Gasteiger partial charge on any atom is -0.480 e. The van der Waals surface area contributed by atoms with Crippen LogP contribution in [0.15, 0.2) is 22.9 Å². The molecule has 0 unspecified atom stereocenters. The molecule has 2 heterocycles. The normalized spacial score (nSPS) is 16.1. The number of carboxylic acid groups (broad SMARTS) is 1. The van der Waals surface area contributed by atoms with Crippen molar-refractivity contribution in [2.45, 2.75) is 18.9 Å². The topological polar surface area (TPSA) is 79.7 Å². The van der Waals surface area contributed by atoms with E-state index in [1.54, 1.807) is 23.2 Å². The first kappa shape index (κ1) is 14.9. The number of pyridine rings is 1. The highest BCUT2D eigenvalue weighted by atomic mass is 79.9. The van der Waals surface area contributed by atoms with E-state index in [1.807, 2.05) is 0 Å². The lowest BCUT2D eigenvalue weighted by molar-refractivity contribution is -0.145. The Bertz CT molecular complexity index is 501. The number of halogens is 1. The third-order valence-electron chi connectivity index (χ3n) is 3.15. The molecule has 0 aromatic carbocycles. The quantitative estimate of drug-likeness (QED) is 0.839. The van der Waals surface area contributed by atoms with Crippen LogP contribution >= 0.6 is 15.9 Å². The number of piperidine rings is 1. The van der Waals surface area contributed by atoms with Gasteiger partial charge in [-0.1, -0.05) is 0 Å². The molecule has 1 fully saturated rings. The van der Waals surface area contributed by atoms with Gasteiger partial charge in [-0.15, -0.1) is 0 Å². The average Bonchev–Trinajstić information content (AvgIpc) is 2.45. The molecule has 0 bridgehead atoms. The number of nitrogens with zero attached hydrogens (tertiary/aromatic N) is 2. The Hall–Kier alpha value is -1.47. The van der Waals surface area contributed by atoms with Crippen LogP contribution in [0.2, 0.25) is 0 Å². The van der Waals surface area contributed by atoms with Gasteiger partial charge < -0.3 is 14.7 Å². The van der Waals surface area contributed by atoms with Crippen LogP contribution < -0.4 is 0 Å². The number of rotatable bonds is 4. The molecule has 1 N–H and O–H groups in total. The fourth-order valence-corrected chi connectivity index (χ4v) is 2.50. The summed E-state index contributed by atoms with van der Waals surface area (Å²) in [7, 11) is 0. The smallest absolute Gasteiger partial charge is 0.329 e. The van der Waals surface area contributed by atoms with E-state index in [9.17, 15) is 9.59 Å². The van der Waals surface area contributed by atoms with Gasteiger partial charge >= 0.3 is 5.97 Å². The van der Waals surface area contributed by atoms with Gasteiger partial charge in [-0.25, -0.2) is 9.78 Å². The van der Waals surface area contributed by atoms with E-state index in [0.717, 1.165) is 0 Å². The maximum Gasteiger partial charge on any atom is 0.329 e. The lowest BCUT2D eigenvalue weighted by Gasteiger charge is -2.31. The first-order valence-corrected chi connectivity index (χ1v) is 7.10. The summed E-state index contributed by atoms with van der Waals surface area (Å²) in [6, 6.07) is 3.37. The predicted octanol–water partition coefficient (Wildman–Crippen LogP) is 1.55. The number of carbonyl (C=O) groups excluding carboxylic acids is 1. The van der Waals surface area contributed by atoms with Gasteiger partial charge in [0.2, 0.25) is 0 Å².